The Labute approximate surface area is 55.1 Å². The van der Waals surface area contributed by atoms with Gasteiger partial charge in [-0.15, -0.1) is 0 Å². The lowest BCUT2D eigenvalue weighted by atomic mass is 9.72. The summed E-state index contributed by atoms with van der Waals surface area (Å²) in [7, 11) is 0. The molecule has 2 rings (SSSR count). The van der Waals surface area contributed by atoms with E-state index in [-0.39, 0.29) is 11.6 Å². The molecule has 9 heavy (non-hydrogen) atoms. The van der Waals surface area contributed by atoms with Crippen molar-refractivity contribution in [2.75, 3.05) is 0 Å². The zero-order valence-corrected chi connectivity index (χ0v) is 5.51. The first-order chi connectivity index (χ1) is 4.21. The van der Waals surface area contributed by atoms with E-state index >= 15 is 0 Å². The fourth-order valence-corrected chi connectivity index (χ4v) is 1.81. The van der Waals surface area contributed by atoms with Crippen LogP contribution in [0.4, 0.5) is 0 Å². The lowest BCUT2D eigenvalue weighted by Gasteiger charge is -2.42. The highest BCUT2D eigenvalue weighted by Gasteiger charge is 2.50. The molecular formula is C7H13NO. The molecule has 2 saturated carbocycles. The average molecular weight is 127 g/mol. The van der Waals surface area contributed by atoms with Crippen molar-refractivity contribution in [1.29, 1.82) is 0 Å². The maximum Gasteiger partial charge on any atom is 0.0575 e. The minimum atomic E-state index is -0.0874. The summed E-state index contributed by atoms with van der Waals surface area (Å²) >= 11 is 0. The second-order valence-corrected chi connectivity index (χ2v) is 3.57. The molecule has 0 radical (unpaired) electrons. The highest BCUT2D eigenvalue weighted by Crippen LogP contribution is 2.48. The largest absolute Gasteiger partial charge is 0.393 e. The number of aliphatic hydroxyl groups excluding tert-OH is 1. The van der Waals surface area contributed by atoms with Crippen LogP contribution in [-0.2, 0) is 0 Å². The predicted octanol–water partition coefficient (Wildman–Crippen LogP) is 0.249. The number of nitrogens with two attached hydrogens (primary N) is 1. The molecule has 2 aliphatic rings. The second-order valence-electron chi connectivity index (χ2n) is 3.57. The van der Waals surface area contributed by atoms with Crippen LogP contribution >= 0.6 is 0 Å². The smallest absolute Gasteiger partial charge is 0.0575 e. The summed E-state index contributed by atoms with van der Waals surface area (Å²) in [6.07, 6.45) is 4.19. The third-order valence-electron chi connectivity index (χ3n) is 2.62. The highest BCUT2D eigenvalue weighted by molar-refractivity contribution is 5.07. The Morgan fingerprint density at radius 1 is 1.33 bits per heavy atom. The molecule has 0 saturated heterocycles. The molecule has 0 aliphatic heterocycles. The topological polar surface area (TPSA) is 46.2 Å². The van der Waals surface area contributed by atoms with Gasteiger partial charge >= 0.3 is 0 Å². The zero-order chi connectivity index (χ0) is 6.48. The Morgan fingerprint density at radius 2 is 1.89 bits per heavy atom. The number of rotatable bonds is 1. The van der Waals surface area contributed by atoms with Gasteiger partial charge in [0.05, 0.1) is 6.10 Å². The van der Waals surface area contributed by atoms with E-state index in [1.54, 1.807) is 0 Å². The SMILES string of the molecule is NC1(C2CC2)CC(O)C1. The first-order valence-corrected chi connectivity index (χ1v) is 3.68. The van der Waals surface area contributed by atoms with Gasteiger partial charge in [-0.2, -0.15) is 0 Å². The predicted molar refractivity (Wildman–Crippen MR) is 34.9 cm³/mol. The molecule has 0 aromatic rings. The monoisotopic (exact) mass is 127 g/mol. The lowest BCUT2D eigenvalue weighted by molar-refractivity contribution is 0.0117. The van der Waals surface area contributed by atoms with Crippen LogP contribution < -0.4 is 5.73 Å². The zero-order valence-electron chi connectivity index (χ0n) is 5.51. The Hall–Kier alpha value is -0.0800. The Kier molecular flexibility index (Phi) is 0.945. The van der Waals surface area contributed by atoms with Crippen molar-refractivity contribution in [3.63, 3.8) is 0 Å². The van der Waals surface area contributed by atoms with Gasteiger partial charge in [-0.05, 0) is 31.6 Å². The molecular weight excluding hydrogens is 114 g/mol. The molecule has 0 aromatic carbocycles. The Balaban J connectivity index is 1.94. The molecule has 2 nitrogen and oxygen atoms in total. The molecule has 2 fully saturated rings. The van der Waals surface area contributed by atoms with Crippen molar-refractivity contribution < 1.29 is 5.11 Å². The molecule has 0 heterocycles. The molecule has 2 aliphatic carbocycles. The summed E-state index contributed by atoms with van der Waals surface area (Å²) in [6, 6.07) is 0. The van der Waals surface area contributed by atoms with E-state index in [9.17, 15) is 0 Å². The van der Waals surface area contributed by atoms with Gasteiger partial charge in [0.25, 0.3) is 0 Å². The van der Waals surface area contributed by atoms with E-state index in [1.807, 2.05) is 0 Å². The second kappa shape index (κ2) is 1.50. The maximum absolute atomic E-state index is 8.98. The summed E-state index contributed by atoms with van der Waals surface area (Å²) in [6.45, 7) is 0. The van der Waals surface area contributed by atoms with E-state index in [2.05, 4.69) is 0 Å². The van der Waals surface area contributed by atoms with Crippen LogP contribution in [0.5, 0.6) is 0 Å². The van der Waals surface area contributed by atoms with Gasteiger partial charge in [0.2, 0.25) is 0 Å². The molecule has 0 unspecified atom stereocenters. The molecule has 2 heteroatoms. The number of aliphatic hydroxyl groups is 1. The van der Waals surface area contributed by atoms with Crippen molar-refractivity contribution in [2.24, 2.45) is 11.7 Å². The molecule has 0 aromatic heterocycles. The van der Waals surface area contributed by atoms with Crippen LogP contribution in [0.2, 0.25) is 0 Å². The highest BCUT2D eigenvalue weighted by atomic mass is 16.3. The van der Waals surface area contributed by atoms with Gasteiger partial charge in [0.15, 0.2) is 0 Å². The summed E-state index contributed by atoms with van der Waals surface area (Å²) in [5, 5.41) is 8.98. The first kappa shape index (κ1) is 5.69. The van der Waals surface area contributed by atoms with E-state index < -0.39 is 0 Å². The molecule has 3 N–H and O–H groups in total. The van der Waals surface area contributed by atoms with E-state index in [4.69, 9.17) is 10.8 Å². The quantitative estimate of drug-likeness (QED) is 0.530. The normalized spacial score (nSPS) is 50.7. The summed E-state index contributed by atoms with van der Waals surface area (Å²) in [5.74, 6) is 0.751. The van der Waals surface area contributed by atoms with Crippen molar-refractivity contribution in [2.45, 2.75) is 37.3 Å². The summed E-state index contributed by atoms with van der Waals surface area (Å²) in [4.78, 5) is 0. The van der Waals surface area contributed by atoms with Crippen molar-refractivity contribution >= 4 is 0 Å². The molecule has 0 atom stereocenters. The van der Waals surface area contributed by atoms with Crippen LogP contribution in [0, 0.1) is 5.92 Å². The van der Waals surface area contributed by atoms with Crippen LogP contribution in [0.15, 0.2) is 0 Å². The Bertz CT molecular complexity index is 125. The minimum absolute atomic E-state index is 0.0550. The standard InChI is InChI=1S/C7H13NO/c8-7(5-1-2-5)3-6(9)4-7/h5-6,9H,1-4,8H2. The van der Waals surface area contributed by atoms with Gasteiger partial charge in [-0.1, -0.05) is 0 Å². The molecule has 52 valence electrons. The van der Waals surface area contributed by atoms with Gasteiger partial charge < -0.3 is 10.8 Å². The third-order valence-corrected chi connectivity index (χ3v) is 2.62. The van der Waals surface area contributed by atoms with Gasteiger partial charge in [0, 0.05) is 5.54 Å². The molecule has 0 spiro atoms. The van der Waals surface area contributed by atoms with Crippen LogP contribution in [-0.4, -0.2) is 16.7 Å². The average Bonchev–Trinajstić information content (AvgIpc) is 2.39. The van der Waals surface area contributed by atoms with E-state index in [1.165, 1.54) is 12.8 Å². The van der Waals surface area contributed by atoms with Crippen LogP contribution in [0.1, 0.15) is 25.7 Å². The summed E-state index contributed by atoms with van der Waals surface area (Å²) in [5.41, 5.74) is 5.99. The maximum atomic E-state index is 8.98. The van der Waals surface area contributed by atoms with Gasteiger partial charge in [-0.3, -0.25) is 0 Å². The fraction of sp³-hybridized carbons (Fsp3) is 1.00. The third kappa shape index (κ3) is 0.775. The van der Waals surface area contributed by atoms with E-state index in [0.29, 0.717) is 0 Å². The molecule has 0 amide bonds. The van der Waals surface area contributed by atoms with Crippen molar-refractivity contribution in [3.05, 3.63) is 0 Å². The summed E-state index contributed by atoms with van der Waals surface area (Å²) < 4.78 is 0. The lowest BCUT2D eigenvalue weighted by Crippen LogP contribution is -2.56. The Morgan fingerprint density at radius 3 is 2.22 bits per heavy atom. The van der Waals surface area contributed by atoms with Crippen LogP contribution in [0.3, 0.4) is 0 Å². The van der Waals surface area contributed by atoms with Crippen LogP contribution in [0.25, 0.3) is 0 Å². The first-order valence-electron chi connectivity index (χ1n) is 3.68. The van der Waals surface area contributed by atoms with Gasteiger partial charge in [0.1, 0.15) is 0 Å². The minimum Gasteiger partial charge on any atom is -0.393 e. The van der Waals surface area contributed by atoms with Crippen molar-refractivity contribution in [3.8, 4) is 0 Å². The fourth-order valence-electron chi connectivity index (χ4n) is 1.81. The van der Waals surface area contributed by atoms with Gasteiger partial charge in [-0.25, -0.2) is 0 Å². The van der Waals surface area contributed by atoms with E-state index in [0.717, 1.165) is 18.8 Å². The van der Waals surface area contributed by atoms with Crippen molar-refractivity contribution in [1.82, 2.24) is 0 Å². The number of hydrogen-bond donors (Lipinski definition) is 2. The molecule has 0 bridgehead atoms. The number of hydrogen-bond acceptors (Lipinski definition) is 2.